The average molecular weight is 440 g/mol. The van der Waals surface area contributed by atoms with E-state index in [9.17, 15) is 9.90 Å². The zero-order valence-electron chi connectivity index (χ0n) is 17.6. The van der Waals surface area contributed by atoms with Gasteiger partial charge in [-0.1, -0.05) is 24.3 Å². The number of fused-ring (bicyclic) bond motifs is 2. The molecule has 5 rings (SSSR count). The van der Waals surface area contributed by atoms with Gasteiger partial charge in [-0.15, -0.1) is 0 Å². The minimum Gasteiger partial charge on any atom is -0.481 e. The van der Waals surface area contributed by atoms with Crippen LogP contribution in [0.15, 0.2) is 67.0 Å². The Kier molecular flexibility index (Phi) is 4.75. The van der Waals surface area contributed by atoms with Crippen molar-refractivity contribution in [3.05, 3.63) is 78.1 Å². The lowest BCUT2D eigenvalue weighted by Crippen LogP contribution is -2.40. The van der Waals surface area contributed by atoms with Gasteiger partial charge in [0.05, 0.1) is 11.0 Å². The first-order valence-electron chi connectivity index (χ1n) is 10.1. The zero-order valence-corrected chi connectivity index (χ0v) is 17.6. The third kappa shape index (κ3) is 3.44. The Morgan fingerprint density at radius 1 is 1.00 bits per heavy atom. The lowest BCUT2D eigenvalue weighted by molar-refractivity contribution is -0.148. The Hall–Kier alpha value is -4.37. The third-order valence-electron chi connectivity index (χ3n) is 5.89. The molecular weight excluding hydrogens is 420 g/mol. The number of nitrogens with two attached hydrogens (primary N) is 2. The van der Waals surface area contributed by atoms with Crippen molar-refractivity contribution in [2.45, 2.75) is 5.60 Å². The summed E-state index contributed by atoms with van der Waals surface area (Å²) < 4.78 is 5.95. The number of allylic oxidation sites excluding steroid dienone is 2. The molecule has 0 bridgehead atoms. The molecule has 2 atom stereocenters. The van der Waals surface area contributed by atoms with Crippen LogP contribution in [0.4, 0.5) is 11.9 Å². The SMILES string of the molecule is COC1(c2ccc3nc(N)ncc3c2)C=C(c2ccc3nc(N)ncc3c2)C=CC1C(=O)O. The number of hydrogen-bond donors (Lipinski definition) is 3. The fourth-order valence-corrected chi connectivity index (χ4v) is 4.24. The van der Waals surface area contributed by atoms with E-state index in [0.717, 1.165) is 27.4 Å². The topological polar surface area (TPSA) is 150 Å². The molecule has 4 aromatic rings. The number of benzene rings is 2. The minimum atomic E-state index is -1.25. The highest BCUT2D eigenvalue weighted by atomic mass is 16.5. The van der Waals surface area contributed by atoms with Crippen molar-refractivity contribution in [3.8, 4) is 0 Å². The molecule has 0 radical (unpaired) electrons. The first kappa shape index (κ1) is 20.5. The summed E-state index contributed by atoms with van der Waals surface area (Å²) in [5.41, 5.74) is 13.8. The summed E-state index contributed by atoms with van der Waals surface area (Å²) in [6.45, 7) is 0. The molecule has 164 valence electrons. The van der Waals surface area contributed by atoms with E-state index >= 15 is 0 Å². The lowest BCUT2D eigenvalue weighted by atomic mass is 9.75. The maximum atomic E-state index is 12.2. The zero-order chi connectivity index (χ0) is 23.2. The van der Waals surface area contributed by atoms with Gasteiger partial charge in [0, 0.05) is 30.3 Å². The highest BCUT2D eigenvalue weighted by molar-refractivity contribution is 5.89. The number of anilines is 2. The second kappa shape index (κ2) is 7.64. The van der Waals surface area contributed by atoms with Crippen molar-refractivity contribution in [3.63, 3.8) is 0 Å². The van der Waals surface area contributed by atoms with Gasteiger partial charge in [0.2, 0.25) is 11.9 Å². The Morgan fingerprint density at radius 3 is 2.27 bits per heavy atom. The van der Waals surface area contributed by atoms with Crippen LogP contribution in [0, 0.1) is 5.92 Å². The van der Waals surface area contributed by atoms with Gasteiger partial charge in [-0.3, -0.25) is 4.79 Å². The molecule has 0 saturated carbocycles. The number of hydrogen-bond acceptors (Lipinski definition) is 8. The van der Waals surface area contributed by atoms with Crippen molar-refractivity contribution in [2.24, 2.45) is 5.92 Å². The summed E-state index contributed by atoms with van der Waals surface area (Å²) in [7, 11) is 1.50. The van der Waals surface area contributed by atoms with E-state index in [4.69, 9.17) is 16.2 Å². The Morgan fingerprint density at radius 2 is 1.64 bits per heavy atom. The van der Waals surface area contributed by atoms with Gasteiger partial charge in [-0.2, -0.15) is 0 Å². The maximum Gasteiger partial charge on any atom is 0.314 e. The number of methoxy groups -OCH3 is 1. The maximum absolute atomic E-state index is 12.2. The molecule has 2 aromatic heterocycles. The number of aliphatic carboxylic acids is 1. The number of nitrogen functional groups attached to an aromatic ring is 2. The predicted molar refractivity (Wildman–Crippen MR) is 125 cm³/mol. The Balaban J connectivity index is 1.68. The van der Waals surface area contributed by atoms with Gasteiger partial charge in [0.1, 0.15) is 11.5 Å². The molecule has 0 spiro atoms. The molecule has 2 aromatic carbocycles. The van der Waals surface area contributed by atoms with Crippen molar-refractivity contribution in [1.82, 2.24) is 19.9 Å². The van der Waals surface area contributed by atoms with E-state index in [0.29, 0.717) is 11.1 Å². The number of carbonyl (C=O) groups is 1. The molecule has 9 nitrogen and oxygen atoms in total. The summed E-state index contributed by atoms with van der Waals surface area (Å²) in [5.74, 6) is -1.57. The van der Waals surface area contributed by atoms with Crippen LogP contribution in [-0.2, 0) is 15.1 Å². The van der Waals surface area contributed by atoms with Crippen molar-refractivity contribution in [1.29, 1.82) is 0 Å². The van der Waals surface area contributed by atoms with Crippen LogP contribution in [0.25, 0.3) is 27.4 Å². The number of carboxylic acids is 1. The molecule has 0 saturated heterocycles. The van der Waals surface area contributed by atoms with Gasteiger partial charge in [0.15, 0.2) is 0 Å². The van der Waals surface area contributed by atoms with Crippen LogP contribution in [0.3, 0.4) is 0 Å². The number of carboxylic acid groups (broad SMARTS) is 1. The van der Waals surface area contributed by atoms with E-state index < -0.39 is 17.5 Å². The molecule has 1 aliphatic rings. The van der Waals surface area contributed by atoms with Crippen LogP contribution >= 0.6 is 0 Å². The molecule has 0 fully saturated rings. The number of aromatic nitrogens is 4. The van der Waals surface area contributed by atoms with Crippen molar-refractivity contribution in [2.75, 3.05) is 18.6 Å². The van der Waals surface area contributed by atoms with E-state index in [-0.39, 0.29) is 11.9 Å². The minimum absolute atomic E-state index is 0.171. The molecule has 5 N–H and O–H groups in total. The first-order valence-corrected chi connectivity index (χ1v) is 10.1. The number of ether oxygens (including phenoxy) is 1. The smallest absolute Gasteiger partial charge is 0.314 e. The van der Waals surface area contributed by atoms with Crippen molar-refractivity contribution < 1.29 is 14.6 Å². The number of rotatable bonds is 4. The van der Waals surface area contributed by atoms with E-state index in [2.05, 4.69) is 19.9 Å². The van der Waals surface area contributed by atoms with Gasteiger partial charge in [-0.05, 0) is 47.0 Å². The predicted octanol–water partition coefficient (Wildman–Crippen LogP) is 2.93. The monoisotopic (exact) mass is 440 g/mol. The second-order valence-corrected chi connectivity index (χ2v) is 7.78. The largest absolute Gasteiger partial charge is 0.481 e. The molecule has 1 aliphatic carbocycles. The number of nitrogens with zero attached hydrogens (tertiary/aromatic N) is 4. The third-order valence-corrected chi connectivity index (χ3v) is 5.89. The molecule has 2 heterocycles. The highest BCUT2D eigenvalue weighted by Crippen LogP contribution is 2.43. The summed E-state index contributed by atoms with van der Waals surface area (Å²) in [6, 6.07) is 11.1. The van der Waals surface area contributed by atoms with Gasteiger partial charge >= 0.3 is 5.97 Å². The quantitative estimate of drug-likeness (QED) is 0.435. The van der Waals surface area contributed by atoms with E-state index in [1.165, 1.54) is 7.11 Å². The molecule has 9 heteroatoms. The van der Waals surface area contributed by atoms with Crippen molar-refractivity contribution >= 4 is 45.2 Å². The van der Waals surface area contributed by atoms with Crippen LogP contribution < -0.4 is 11.5 Å². The van der Waals surface area contributed by atoms with Crippen LogP contribution in [-0.4, -0.2) is 38.1 Å². The molecule has 0 aliphatic heterocycles. The standard InChI is InChI=1S/C24H20N6O3/c1-33-24(17-4-7-20-16(9-17)12-28-23(26)30-20)10-14(2-5-18(24)21(31)32)13-3-6-19-15(8-13)11-27-22(25)29-19/h2-12,18H,1H3,(H,31,32)(H2,25,27,29)(H2,26,28,30). The van der Waals surface area contributed by atoms with E-state index in [1.54, 1.807) is 36.7 Å². The molecular formula is C24H20N6O3. The summed E-state index contributed by atoms with van der Waals surface area (Å²) in [4.78, 5) is 28.8. The fourth-order valence-electron chi connectivity index (χ4n) is 4.24. The lowest BCUT2D eigenvalue weighted by Gasteiger charge is -2.37. The normalized spacial score (nSPS) is 20.2. The average Bonchev–Trinajstić information content (AvgIpc) is 2.82. The Bertz CT molecular complexity index is 1480. The highest BCUT2D eigenvalue weighted by Gasteiger charge is 2.44. The molecule has 0 amide bonds. The summed E-state index contributed by atoms with van der Waals surface area (Å²) >= 11 is 0. The summed E-state index contributed by atoms with van der Waals surface area (Å²) in [5, 5.41) is 11.6. The van der Waals surface area contributed by atoms with Crippen LogP contribution in [0.2, 0.25) is 0 Å². The van der Waals surface area contributed by atoms with Gasteiger partial charge in [-0.25, -0.2) is 19.9 Å². The molecule has 33 heavy (non-hydrogen) atoms. The van der Waals surface area contributed by atoms with E-state index in [1.807, 2.05) is 30.3 Å². The molecule has 2 unspecified atom stereocenters. The second-order valence-electron chi connectivity index (χ2n) is 7.78. The Labute approximate surface area is 188 Å². The summed E-state index contributed by atoms with van der Waals surface area (Å²) in [6.07, 6.45) is 8.55. The fraction of sp³-hybridized carbons (Fsp3) is 0.125. The first-order chi connectivity index (χ1) is 15.9. The van der Waals surface area contributed by atoms with Gasteiger partial charge in [0.25, 0.3) is 0 Å². The van der Waals surface area contributed by atoms with Gasteiger partial charge < -0.3 is 21.3 Å². The van der Waals surface area contributed by atoms with Crippen LogP contribution in [0.5, 0.6) is 0 Å². The van der Waals surface area contributed by atoms with Crippen LogP contribution in [0.1, 0.15) is 11.1 Å².